The molecule has 3 heteroatoms. The lowest BCUT2D eigenvalue weighted by molar-refractivity contribution is -0.144. The Morgan fingerprint density at radius 3 is 2.56 bits per heavy atom. The summed E-state index contributed by atoms with van der Waals surface area (Å²) in [7, 11) is 1.48. The van der Waals surface area contributed by atoms with Crippen molar-refractivity contribution in [2.24, 2.45) is 17.8 Å². The largest absolute Gasteiger partial charge is 0.468 e. The van der Waals surface area contributed by atoms with E-state index in [4.69, 9.17) is 4.74 Å². The van der Waals surface area contributed by atoms with Gasteiger partial charge in [0.2, 0.25) is 0 Å². The van der Waals surface area contributed by atoms with Crippen LogP contribution in [0.5, 0.6) is 0 Å². The molecule has 0 aliphatic heterocycles. The van der Waals surface area contributed by atoms with Gasteiger partial charge in [0.15, 0.2) is 0 Å². The highest BCUT2D eigenvalue weighted by Crippen LogP contribution is 2.29. The molecule has 0 saturated heterocycles. The molecule has 1 aliphatic carbocycles. The predicted octanol–water partition coefficient (Wildman–Crippen LogP) is 2.99. The highest BCUT2D eigenvalue weighted by atomic mass is 16.5. The lowest BCUT2D eigenvalue weighted by Crippen LogP contribution is -2.49. The third-order valence-electron chi connectivity index (χ3n) is 4.07. The van der Waals surface area contributed by atoms with Crippen LogP contribution in [0.15, 0.2) is 0 Å². The van der Waals surface area contributed by atoms with E-state index in [2.05, 4.69) is 33.0 Å². The fourth-order valence-electron chi connectivity index (χ4n) is 2.87. The van der Waals surface area contributed by atoms with Gasteiger partial charge in [0.25, 0.3) is 0 Å². The summed E-state index contributed by atoms with van der Waals surface area (Å²) >= 11 is 0. The van der Waals surface area contributed by atoms with Crippen molar-refractivity contribution < 1.29 is 9.53 Å². The van der Waals surface area contributed by atoms with Crippen molar-refractivity contribution in [3.63, 3.8) is 0 Å². The number of carbonyl (C=O) groups excluding carboxylic acids is 1. The Morgan fingerprint density at radius 2 is 2.00 bits per heavy atom. The van der Waals surface area contributed by atoms with Crippen molar-refractivity contribution >= 4 is 5.97 Å². The van der Waals surface area contributed by atoms with Crippen molar-refractivity contribution in [1.82, 2.24) is 5.32 Å². The first-order chi connectivity index (χ1) is 8.43. The average molecular weight is 255 g/mol. The molecular weight excluding hydrogens is 226 g/mol. The molecule has 1 saturated carbocycles. The molecular formula is C15H29NO2. The van der Waals surface area contributed by atoms with Crippen LogP contribution in [0, 0.1) is 17.8 Å². The Hall–Kier alpha value is -0.570. The minimum Gasteiger partial charge on any atom is -0.468 e. The van der Waals surface area contributed by atoms with Gasteiger partial charge in [-0.15, -0.1) is 0 Å². The van der Waals surface area contributed by atoms with Gasteiger partial charge in [-0.3, -0.25) is 4.79 Å². The Bertz CT molecular complexity index is 265. The second kappa shape index (κ2) is 7.13. The number of rotatable bonds is 5. The molecule has 0 aromatic rings. The van der Waals surface area contributed by atoms with E-state index in [1.165, 1.54) is 26.4 Å². The van der Waals surface area contributed by atoms with Crippen LogP contribution in [0.3, 0.4) is 0 Å². The summed E-state index contributed by atoms with van der Waals surface area (Å²) in [4.78, 5) is 11.8. The van der Waals surface area contributed by atoms with Gasteiger partial charge in [0.1, 0.15) is 6.04 Å². The lowest BCUT2D eigenvalue weighted by Gasteiger charge is -2.35. The van der Waals surface area contributed by atoms with Crippen LogP contribution in [-0.2, 0) is 9.53 Å². The normalized spacial score (nSPS) is 30.2. The van der Waals surface area contributed by atoms with Crippen LogP contribution in [0.4, 0.5) is 0 Å². The Kier molecular flexibility index (Phi) is 6.13. The summed E-state index contributed by atoms with van der Waals surface area (Å²) < 4.78 is 4.92. The van der Waals surface area contributed by atoms with Gasteiger partial charge in [-0.2, -0.15) is 0 Å². The molecule has 1 rings (SSSR count). The first-order valence-corrected chi connectivity index (χ1v) is 7.27. The van der Waals surface area contributed by atoms with Gasteiger partial charge in [0.05, 0.1) is 7.11 Å². The number of nitrogens with one attached hydrogen (secondary N) is 1. The molecule has 4 unspecified atom stereocenters. The summed E-state index contributed by atoms with van der Waals surface area (Å²) in [6.45, 7) is 8.87. The fraction of sp³-hybridized carbons (Fsp3) is 0.933. The fourth-order valence-corrected chi connectivity index (χ4v) is 2.87. The summed E-state index contributed by atoms with van der Waals surface area (Å²) in [5.74, 6) is 1.80. The number of carbonyl (C=O) groups is 1. The summed E-state index contributed by atoms with van der Waals surface area (Å²) in [5, 5.41) is 3.54. The molecule has 1 aliphatic rings. The van der Waals surface area contributed by atoms with Crippen molar-refractivity contribution in [2.45, 2.75) is 65.5 Å². The molecule has 0 spiro atoms. The van der Waals surface area contributed by atoms with E-state index in [-0.39, 0.29) is 12.0 Å². The van der Waals surface area contributed by atoms with E-state index in [0.717, 1.165) is 12.3 Å². The summed E-state index contributed by atoms with van der Waals surface area (Å²) in [5.41, 5.74) is 0. The van der Waals surface area contributed by atoms with Crippen LogP contribution < -0.4 is 5.32 Å². The molecule has 1 fully saturated rings. The van der Waals surface area contributed by atoms with Crippen LogP contribution in [-0.4, -0.2) is 25.2 Å². The van der Waals surface area contributed by atoms with E-state index in [9.17, 15) is 4.79 Å². The van der Waals surface area contributed by atoms with Gasteiger partial charge in [-0.25, -0.2) is 0 Å². The van der Waals surface area contributed by atoms with Crippen molar-refractivity contribution in [3.05, 3.63) is 0 Å². The molecule has 0 aromatic carbocycles. The highest BCUT2D eigenvalue weighted by molar-refractivity contribution is 5.75. The maximum absolute atomic E-state index is 11.8. The van der Waals surface area contributed by atoms with E-state index >= 15 is 0 Å². The van der Waals surface area contributed by atoms with Crippen molar-refractivity contribution in [2.75, 3.05) is 7.11 Å². The zero-order valence-corrected chi connectivity index (χ0v) is 12.5. The Balaban J connectivity index is 2.60. The standard InChI is InChI=1S/C15H29NO2/c1-10(2)8-14(15(17)18-5)16-13-9-11(3)6-7-12(13)4/h10-14,16H,6-9H2,1-5H3. The smallest absolute Gasteiger partial charge is 0.322 e. The third kappa shape index (κ3) is 4.60. The van der Waals surface area contributed by atoms with Gasteiger partial charge in [-0.1, -0.05) is 34.1 Å². The van der Waals surface area contributed by atoms with Gasteiger partial charge in [-0.05, 0) is 37.0 Å². The molecule has 0 bridgehead atoms. The second-order valence-electron chi connectivity index (χ2n) is 6.37. The zero-order valence-electron chi connectivity index (χ0n) is 12.5. The van der Waals surface area contributed by atoms with Crippen LogP contribution in [0.25, 0.3) is 0 Å². The number of hydrogen-bond donors (Lipinski definition) is 1. The summed E-state index contributed by atoms with van der Waals surface area (Å²) in [6, 6.07) is 0.310. The maximum atomic E-state index is 11.8. The maximum Gasteiger partial charge on any atom is 0.322 e. The number of hydrogen-bond acceptors (Lipinski definition) is 3. The second-order valence-corrected chi connectivity index (χ2v) is 6.37. The number of esters is 1. The van der Waals surface area contributed by atoms with E-state index in [1.54, 1.807) is 0 Å². The van der Waals surface area contributed by atoms with E-state index < -0.39 is 0 Å². The van der Waals surface area contributed by atoms with Gasteiger partial charge < -0.3 is 10.1 Å². The first-order valence-electron chi connectivity index (χ1n) is 7.27. The van der Waals surface area contributed by atoms with E-state index in [0.29, 0.717) is 17.9 Å². The minimum atomic E-state index is -0.146. The molecule has 0 aromatic heterocycles. The Labute approximate surface area is 112 Å². The first kappa shape index (κ1) is 15.5. The van der Waals surface area contributed by atoms with Crippen molar-refractivity contribution in [3.8, 4) is 0 Å². The molecule has 3 nitrogen and oxygen atoms in total. The lowest BCUT2D eigenvalue weighted by atomic mass is 9.79. The Morgan fingerprint density at radius 1 is 1.33 bits per heavy atom. The minimum absolute atomic E-state index is 0.117. The number of ether oxygens (including phenoxy) is 1. The molecule has 0 radical (unpaired) electrons. The third-order valence-corrected chi connectivity index (χ3v) is 4.07. The quantitative estimate of drug-likeness (QED) is 0.768. The van der Waals surface area contributed by atoms with Crippen LogP contribution in [0.1, 0.15) is 53.4 Å². The molecule has 0 heterocycles. The van der Waals surface area contributed by atoms with Crippen LogP contribution in [0.2, 0.25) is 0 Å². The number of methoxy groups -OCH3 is 1. The molecule has 106 valence electrons. The molecule has 0 amide bonds. The van der Waals surface area contributed by atoms with Crippen molar-refractivity contribution in [1.29, 1.82) is 0 Å². The zero-order chi connectivity index (χ0) is 13.7. The SMILES string of the molecule is COC(=O)C(CC(C)C)NC1CC(C)CCC1C. The van der Waals surface area contributed by atoms with Crippen LogP contribution >= 0.6 is 0 Å². The average Bonchev–Trinajstić information content (AvgIpc) is 2.31. The molecule has 4 atom stereocenters. The predicted molar refractivity (Wildman–Crippen MR) is 74.4 cm³/mol. The topological polar surface area (TPSA) is 38.3 Å². The van der Waals surface area contributed by atoms with Gasteiger partial charge >= 0.3 is 5.97 Å². The molecule has 1 N–H and O–H groups in total. The summed E-state index contributed by atoms with van der Waals surface area (Å²) in [6.07, 6.45) is 4.60. The molecule has 18 heavy (non-hydrogen) atoms. The monoisotopic (exact) mass is 255 g/mol. The van der Waals surface area contributed by atoms with Gasteiger partial charge in [0, 0.05) is 6.04 Å². The highest BCUT2D eigenvalue weighted by Gasteiger charge is 2.30. The van der Waals surface area contributed by atoms with E-state index in [1.807, 2.05) is 0 Å².